The number of carbonyl (C=O) groups excluding carboxylic acids is 2. The standard InChI is InChI=1S/C19H18ClNO5/c1-10-7-11(2)18(13(4)12(10)3)17(22)9-26-19(23)15-6-5-14(21(24)25)8-16(15)20/h5-8H,9H2,1-4H3. The van der Waals surface area contributed by atoms with Crippen LogP contribution in [0.5, 0.6) is 0 Å². The maximum atomic E-state index is 12.5. The molecule has 0 aromatic heterocycles. The monoisotopic (exact) mass is 375 g/mol. The first-order valence-corrected chi connectivity index (χ1v) is 8.23. The van der Waals surface area contributed by atoms with Crippen molar-refractivity contribution in [2.45, 2.75) is 27.7 Å². The summed E-state index contributed by atoms with van der Waals surface area (Å²) in [6, 6.07) is 5.35. The fourth-order valence-corrected chi connectivity index (χ4v) is 3.03. The van der Waals surface area contributed by atoms with Crippen LogP contribution in [0, 0.1) is 37.8 Å². The largest absolute Gasteiger partial charge is 0.454 e. The Balaban J connectivity index is 2.17. The number of rotatable bonds is 5. The summed E-state index contributed by atoms with van der Waals surface area (Å²) in [6.45, 7) is 7.17. The van der Waals surface area contributed by atoms with Crippen LogP contribution in [0.15, 0.2) is 24.3 Å². The summed E-state index contributed by atoms with van der Waals surface area (Å²) in [5.74, 6) is -1.12. The van der Waals surface area contributed by atoms with Crippen LogP contribution < -0.4 is 0 Å². The fraction of sp³-hybridized carbons (Fsp3) is 0.263. The summed E-state index contributed by atoms with van der Waals surface area (Å²) in [5, 5.41) is 10.6. The highest BCUT2D eigenvalue weighted by molar-refractivity contribution is 6.33. The lowest BCUT2D eigenvalue weighted by Gasteiger charge is -2.14. The molecule has 136 valence electrons. The molecule has 26 heavy (non-hydrogen) atoms. The number of nitro benzene ring substituents is 1. The Bertz CT molecular complexity index is 921. The van der Waals surface area contributed by atoms with Gasteiger partial charge in [0.15, 0.2) is 6.61 Å². The molecule has 6 nitrogen and oxygen atoms in total. The number of hydrogen-bond donors (Lipinski definition) is 0. The highest BCUT2D eigenvalue weighted by atomic mass is 35.5. The van der Waals surface area contributed by atoms with Gasteiger partial charge in [-0.25, -0.2) is 4.79 Å². The van der Waals surface area contributed by atoms with Crippen molar-refractivity contribution in [1.29, 1.82) is 0 Å². The minimum atomic E-state index is -0.808. The second-order valence-electron chi connectivity index (χ2n) is 6.06. The number of nitrogens with zero attached hydrogens (tertiary/aromatic N) is 1. The van der Waals surface area contributed by atoms with E-state index in [0.29, 0.717) is 5.56 Å². The number of aryl methyl sites for hydroxylation is 2. The Labute approximate surface area is 155 Å². The second-order valence-corrected chi connectivity index (χ2v) is 6.46. The molecule has 0 saturated carbocycles. The van der Waals surface area contributed by atoms with Crippen molar-refractivity contribution in [2.24, 2.45) is 0 Å². The molecule has 0 aliphatic carbocycles. The number of ether oxygens (including phenoxy) is 1. The van der Waals surface area contributed by atoms with Crippen LogP contribution in [0.25, 0.3) is 0 Å². The Morgan fingerprint density at radius 3 is 2.31 bits per heavy atom. The van der Waals surface area contributed by atoms with E-state index in [9.17, 15) is 19.7 Å². The molecule has 0 spiro atoms. The van der Waals surface area contributed by atoms with E-state index in [2.05, 4.69) is 0 Å². The predicted octanol–water partition coefficient (Wildman–Crippen LogP) is 4.52. The summed E-state index contributed by atoms with van der Waals surface area (Å²) >= 11 is 5.90. The summed E-state index contributed by atoms with van der Waals surface area (Å²) in [7, 11) is 0. The molecule has 7 heteroatoms. The molecule has 2 aromatic carbocycles. The van der Waals surface area contributed by atoms with Crippen molar-refractivity contribution in [1.82, 2.24) is 0 Å². The molecular weight excluding hydrogens is 358 g/mol. The number of Topliss-reactive ketones (excluding diaryl/α,β-unsaturated/α-hetero) is 1. The number of nitro groups is 1. The molecule has 0 radical (unpaired) electrons. The SMILES string of the molecule is Cc1cc(C)c(C(=O)COC(=O)c2ccc([N+](=O)[O-])cc2Cl)c(C)c1C. The molecule has 2 rings (SSSR count). The van der Waals surface area contributed by atoms with E-state index in [1.807, 2.05) is 33.8 Å². The van der Waals surface area contributed by atoms with Gasteiger partial charge in [0.05, 0.1) is 15.5 Å². The molecule has 0 fully saturated rings. The molecule has 0 unspecified atom stereocenters. The van der Waals surface area contributed by atoms with Gasteiger partial charge in [0, 0.05) is 17.7 Å². The third-order valence-electron chi connectivity index (χ3n) is 4.35. The van der Waals surface area contributed by atoms with E-state index in [0.717, 1.165) is 34.4 Å². The average molecular weight is 376 g/mol. The zero-order valence-electron chi connectivity index (χ0n) is 14.9. The van der Waals surface area contributed by atoms with Gasteiger partial charge in [0.2, 0.25) is 5.78 Å². The quantitative estimate of drug-likeness (QED) is 0.332. The normalized spacial score (nSPS) is 10.5. The summed E-state index contributed by atoms with van der Waals surface area (Å²) in [6.07, 6.45) is 0. The minimum absolute atomic E-state index is 0.0291. The number of hydrogen-bond acceptors (Lipinski definition) is 5. The summed E-state index contributed by atoms with van der Waals surface area (Å²) in [4.78, 5) is 34.8. The Morgan fingerprint density at radius 1 is 1.08 bits per heavy atom. The highest BCUT2D eigenvalue weighted by Gasteiger charge is 2.20. The maximum Gasteiger partial charge on any atom is 0.340 e. The van der Waals surface area contributed by atoms with Gasteiger partial charge in [-0.05, 0) is 56.0 Å². The van der Waals surface area contributed by atoms with Gasteiger partial charge >= 0.3 is 5.97 Å². The molecule has 0 aliphatic heterocycles. The van der Waals surface area contributed by atoms with Gasteiger partial charge in [0.1, 0.15) is 0 Å². The zero-order valence-corrected chi connectivity index (χ0v) is 15.6. The topological polar surface area (TPSA) is 86.5 Å². The van der Waals surface area contributed by atoms with Crippen molar-refractivity contribution in [3.8, 4) is 0 Å². The van der Waals surface area contributed by atoms with Gasteiger partial charge in [-0.1, -0.05) is 17.7 Å². The van der Waals surface area contributed by atoms with E-state index >= 15 is 0 Å². The smallest absolute Gasteiger partial charge is 0.340 e. The fourth-order valence-electron chi connectivity index (χ4n) is 2.78. The molecule has 0 amide bonds. The average Bonchev–Trinajstić information content (AvgIpc) is 2.57. The van der Waals surface area contributed by atoms with Gasteiger partial charge in [-0.15, -0.1) is 0 Å². The number of benzene rings is 2. The van der Waals surface area contributed by atoms with Crippen molar-refractivity contribution >= 4 is 29.0 Å². The number of ketones is 1. The van der Waals surface area contributed by atoms with Crippen molar-refractivity contribution in [2.75, 3.05) is 6.61 Å². The molecule has 0 N–H and O–H groups in total. The second kappa shape index (κ2) is 7.66. The van der Waals surface area contributed by atoms with E-state index in [1.165, 1.54) is 6.07 Å². The van der Waals surface area contributed by atoms with Crippen molar-refractivity contribution in [3.05, 3.63) is 72.8 Å². The lowest BCUT2D eigenvalue weighted by molar-refractivity contribution is -0.384. The van der Waals surface area contributed by atoms with Crippen molar-refractivity contribution in [3.63, 3.8) is 0 Å². The third kappa shape index (κ3) is 3.91. The molecule has 2 aromatic rings. The number of esters is 1. The molecule has 0 heterocycles. The highest BCUT2D eigenvalue weighted by Crippen LogP contribution is 2.24. The first kappa shape index (κ1) is 19.6. The maximum absolute atomic E-state index is 12.5. The van der Waals surface area contributed by atoms with E-state index < -0.39 is 17.5 Å². The van der Waals surface area contributed by atoms with Crippen LogP contribution in [0.3, 0.4) is 0 Å². The first-order valence-electron chi connectivity index (χ1n) is 7.85. The molecule has 0 aliphatic rings. The Kier molecular flexibility index (Phi) is 5.77. The lowest BCUT2D eigenvalue weighted by Crippen LogP contribution is -2.17. The molecule has 0 atom stereocenters. The third-order valence-corrected chi connectivity index (χ3v) is 4.67. The predicted molar refractivity (Wildman–Crippen MR) is 98.1 cm³/mol. The molecule has 0 bridgehead atoms. The van der Waals surface area contributed by atoms with Crippen LogP contribution >= 0.6 is 11.6 Å². The zero-order chi connectivity index (χ0) is 19.6. The number of carbonyl (C=O) groups is 2. The van der Waals surface area contributed by atoms with Crippen LogP contribution in [-0.4, -0.2) is 23.3 Å². The first-order chi connectivity index (χ1) is 12.1. The summed E-state index contributed by atoms with van der Waals surface area (Å²) < 4.78 is 5.06. The number of halogens is 1. The molecular formula is C19H18ClNO5. The van der Waals surface area contributed by atoms with Crippen LogP contribution in [0.2, 0.25) is 5.02 Å². The summed E-state index contributed by atoms with van der Waals surface area (Å²) in [5.41, 5.74) is 4.06. The van der Waals surface area contributed by atoms with Crippen LogP contribution in [-0.2, 0) is 4.74 Å². The van der Waals surface area contributed by atoms with Crippen LogP contribution in [0.1, 0.15) is 43.0 Å². The lowest BCUT2D eigenvalue weighted by atomic mass is 9.92. The Morgan fingerprint density at radius 2 is 1.73 bits per heavy atom. The van der Waals surface area contributed by atoms with Gasteiger partial charge < -0.3 is 4.74 Å². The van der Waals surface area contributed by atoms with Gasteiger partial charge in [-0.2, -0.15) is 0 Å². The van der Waals surface area contributed by atoms with E-state index in [-0.39, 0.29) is 22.1 Å². The van der Waals surface area contributed by atoms with Gasteiger partial charge in [0.25, 0.3) is 5.69 Å². The minimum Gasteiger partial charge on any atom is -0.454 e. The van der Waals surface area contributed by atoms with Crippen molar-refractivity contribution < 1.29 is 19.2 Å². The number of non-ortho nitro benzene ring substituents is 1. The van der Waals surface area contributed by atoms with Crippen LogP contribution in [0.4, 0.5) is 5.69 Å². The Hall–Kier alpha value is -2.73. The molecule has 0 saturated heterocycles. The van der Waals surface area contributed by atoms with Gasteiger partial charge in [-0.3, -0.25) is 14.9 Å². The van der Waals surface area contributed by atoms with E-state index in [4.69, 9.17) is 16.3 Å². The van der Waals surface area contributed by atoms with E-state index in [1.54, 1.807) is 0 Å².